The number of halogens is 1. The summed E-state index contributed by atoms with van der Waals surface area (Å²) < 4.78 is 11.2. The van der Waals surface area contributed by atoms with E-state index in [-0.39, 0.29) is 0 Å². The van der Waals surface area contributed by atoms with Crippen LogP contribution in [0.4, 0.5) is 0 Å². The summed E-state index contributed by atoms with van der Waals surface area (Å²) in [5.74, 6) is 1.20. The summed E-state index contributed by atoms with van der Waals surface area (Å²) in [6.07, 6.45) is 2.38. The molecule has 1 fully saturated rings. The van der Waals surface area contributed by atoms with Crippen LogP contribution in [0.2, 0.25) is 0 Å². The average Bonchev–Trinajstić information content (AvgIpc) is 2.64. The van der Waals surface area contributed by atoms with Crippen molar-refractivity contribution in [2.24, 2.45) is 11.8 Å². The summed E-state index contributed by atoms with van der Waals surface area (Å²) in [6.45, 7) is 2.23. The Bertz CT molecular complexity index is 520. The van der Waals surface area contributed by atoms with Gasteiger partial charge < -0.3 is 9.47 Å². The fourth-order valence-corrected chi connectivity index (χ4v) is 3.96. The standard InChI is InChI=1S/C15H21ClO2S.C6H6/c1-17-10-14(13-7-15(8-13)19-16)11-18-9-12-5-3-2-4-6-12;1-2-4-6-5-3-1/h2-6,13-15H,7-11H2,1H3;1-6H. The molecule has 1 saturated carbocycles. The maximum atomic E-state index is 5.84. The van der Waals surface area contributed by atoms with E-state index in [0.29, 0.717) is 23.7 Å². The lowest BCUT2D eigenvalue weighted by atomic mass is 9.76. The second-order valence-electron chi connectivity index (χ2n) is 6.31. The molecule has 0 spiro atoms. The van der Waals surface area contributed by atoms with Crippen LogP contribution in [-0.4, -0.2) is 25.6 Å². The van der Waals surface area contributed by atoms with Crippen LogP contribution in [0.1, 0.15) is 18.4 Å². The van der Waals surface area contributed by atoms with Gasteiger partial charge in [0.05, 0.1) is 19.8 Å². The number of hydrogen-bond donors (Lipinski definition) is 0. The lowest BCUT2D eigenvalue weighted by Crippen LogP contribution is -2.36. The van der Waals surface area contributed by atoms with Crippen LogP contribution in [-0.2, 0) is 16.1 Å². The molecule has 25 heavy (non-hydrogen) atoms. The predicted octanol–water partition coefficient (Wildman–Crippen LogP) is 5.82. The van der Waals surface area contributed by atoms with Crippen LogP contribution < -0.4 is 0 Å². The Morgan fingerprint density at radius 1 is 0.960 bits per heavy atom. The molecule has 0 N–H and O–H groups in total. The summed E-state index contributed by atoms with van der Waals surface area (Å²) in [6, 6.07) is 22.3. The fourth-order valence-electron chi connectivity index (χ4n) is 2.89. The molecule has 0 radical (unpaired) electrons. The third-order valence-corrected chi connectivity index (χ3v) is 5.81. The highest BCUT2D eigenvalue weighted by molar-refractivity contribution is 8.21. The van der Waals surface area contributed by atoms with Gasteiger partial charge in [-0.15, -0.1) is 0 Å². The molecule has 0 aliphatic heterocycles. The average molecular weight is 379 g/mol. The molecule has 2 aromatic rings. The molecule has 2 aromatic carbocycles. The van der Waals surface area contributed by atoms with Crippen LogP contribution in [0.25, 0.3) is 0 Å². The minimum absolute atomic E-state index is 0.494. The van der Waals surface area contributed by atoms with Crippen molar-refractivity contribution in [2.45, 2.75) is 24.7 Å². The maximum Gasteiger partial charge on any atom is 0.0717 e. The van der Waals surface area contributed by atoms with Gasteiger partial charge in [-0.1, -0.05) is 77.7 Å². The predicted molar refractivity (Wildman–Crippen MR) is 108 cm³/mol. The lowest BCUT2D eigenvalue weighted by Gasteiger charge is -2.38. The first kappa shape index (κ1) is 20.3. The Morgan fingerprint density at radius 3 is 2.04 bits per heavy atom. The highest BCUT2D eigenvalue weighted by Gasteiger charge is 2.35. The van der Waals surface area contributed by atoms with Crippen molar-refractivity contribution in [2.75, 3.05) is 20.3 Å². The van der Waals surface area contributed by atoms with Crippen LogP contribution in [0.3, 0.4) is 0 Å². The van der Waals surface area contributed by atoms with Gasteiger partial charge in [-0.3, -0.25) is 0 Å². The van der Waals surface area contributed by atoms with E-state index in [1.54, 1.807) is 7.11 Å². The van der Waals surface area contributed by atoms with Gasteiger partial charge in [-0.05, 0) is 35.0 Å². The Hall–Kier alpha value is -1.00. The van der Waals surface area contributed by atoms with E-state index in [1.807, 2.05) is 54.6 Å². The molecule has 1 atom stereocenters. The first-order valence-electron chi connectivity index (χ1n) is 8.71. The Morgan fingerprint density at radius 2 is 1.52 bits per heavy atom. The van der Waals surface area contributed by atoms with Crippen molar-refractivity contribution >= 4 is 21.7 Å². The zero-order valence-corrected chi connectivity index (χ0v) is 16.3. The van der Waals surface area contributed by atoms with Gasteiger partial charge in [-0.2, -0.15) is 0 Å². The number of benzene rings is 2. The number of ether oxygens (including phenoxy) is 2. The number of methoxy groups -OCH3 is 1. The molecule has 0 amide bonds. The van der Waals surface area contributed by atoms with Gasteiger partial charge in [0, 0.05) is 18.3 Å². The van der Waals surface area contributed by atoms with Crippen molar-refractivity contribution < 1.29 is 9.47 Å². The summed E-state index contributed by atoms with van der Waals surface area (Å²) in [4.78, 5) is 0. The number of hydrogen-bond acceptors (Lipinski definition) is 3. The smallest absolute Gasteiger partial charge is 0.0717 e. The van der Waals surface area contributed by atoms with E-state index in [9.17, 15) is 0 Å². The third kappa shape index (κ3) is 7.83. The third-order valence-electron chi connectivity index (χ3n) is 4.41. The molecular weight excluding hydrogens is 352 g/mol. The lowest BCUT2D eigenvalue weighted by molar-refractivity contribution is 0.00769. The second kappa shape index (κ2) is 12.4. The molecule has 0 aromatic heterocycles. The van der Waals surface area contributed by atoms with Gasteiger partial charge in [0.1, 0.15) is 0 Å². The highest BCUT2D eigenvalue weighted by atomic mass is 35.7. The minimum Gasteiger partial charge on any atom is -0.384 e. The quantitative estimate of drug-likeness (QED) is 0.576. The molecule has 1 unspecified atom stereocenters. The van der Waals surface area contributed by atoms with Crippen LogP contribution in [0.15, 0.2) is 66.7 Å². The topological polar surface area (TPSA) is 18.5 Å². The zero-order valence-electron chi connectivity index (χ0n) is 14.7. The molecule has 1 aliphatic carbocycles. The molecule has 3 rings (SSSR count). The summed E-state index contributed by atoms with van der Waals surface area (Å²) in [5, 5.41) is 0.625. The molecular formula is C21H27ClO2S. The Labute approximate surface area is 160 Å². The van der Waals surface area contributed by atoms with E-state index in [1.165, 1.54) is 29.4 Å². The van der Waals surface area contributed by atoms with Crippen molar-refractivity contribution in [3.05, 3.63) is 72.3 Å². The van der Waals surface area contributed by atoms with E-state index < -0.39 is 0 Å². The molecule has 136 valence electrons. The molecule has 2 nitrogen and oxygen atoms in total. The van der Waals surface area contributed by atoms with Crippen molar-refractivity contribution in [1.29, 1.82) is 0 Å². The SMILES string of the molecule is COCC(COCc1ccccc1)C1CC(SCl)C1.c1ccccc1. The fraction of sp³-hybridized carbons (Fsp3) is 0.429. The number of rotatable bonds is 8. The molecule has 0 bridgehead atoms. The van der Waals surface area contributed by atoms with Crippen molar-refractivity contribution in [3.8, 4) is 0 Å². The molecule has 0 saturated heterocycles. The van der Waals surface area contributed by atoms with Gasteiger partial charge in [0.2, 0.25) is 0 Å². The van der Waals surface area contributed by atoms with E-state index in [2.05, 4.69) is 12.1 Å². The second-order valence-corrected chi connectivity index (χ2v) is 7.69. The van der Waals surface area contributed by atoms with Crippen LogP contribution >= 0.6 is 21.7 Å². The zero-order chi connectivity index (χ0) is 17.7. The van der Waals surface area contributed by atoms with Gasteiger partial charge >= 0.3 is 0 Å². The van der Waals surface area contributed by atoms with Gasteiger partial charge in [0.15, 0.2) is 0 Å². The summed E-state index contributed by atoms with van der Waals surface area (Å²) in [5.41, 5.74) is 1.22. The summed E-state index contributed by atoms with van der Waals surface area (Å²) in [7, 11) is 9.01. The Kier molecular flexibility index (Phi) is 10.1. The Balaban J connectivity index is 0.000000316. The van der Waals surface area contributed by atoms with Crippen molar-refractivity contribution in [1.82, 2.24) is 0 Å². The first-order valence-corrected chi connectivity index (χ1v) is 10.4. The minimum atomic E-state index is 0.494. The van der Waals surface area contributed by atoms with E-state index in [0.717, 1.165) is 13.2 Å². The summed E-state index contributed by atoms with van der Waals surface area (Å²) >= 11 is 0. The molecule has 0 heterocycles. The molecule has 1 aliphatic rings. The first-order chi connectivity index (χ1) is 12.3. The normalized spacial score (nSPS) is 20.1. The molecule has 4 heteroatoms. The van der Waals surface area contributed by atoms with E-state index >= 15 is 0 Å². The maximum absolute atomic E-state index is 5.84. The van der Waals surface area contributed by atoms with E-state index in [4.69, 9.17) is 20.2 Å². The van der Waals surface area contributed by atoms with Gasteiger partial charge in [0.25, 0.3) is 0 Å². The monoisotopic (exact) mass is 378 g/mol. The van der Waals surface area contributed by atoms with Gasteiger partial charge in [-0.25, -0.2) is 0 Å². The van der Waals surface area contributed by atoms with Crippen LogP contribution in [0, 0.1) is 11.8 Å². The van der Waals surface area contributed by atoms with Crippen LogP contribution in [0.5, 0.6) is 0 Å². The largest absolute Gasteiger partial charge is 0.384 e. The van der Waals surface area contributed by atoms with Crippen molar-refractivity contribution in [3.63, 3.8) is 0 Å². The highest BCUT2D eigenvalue weighted by Crippen LogP contribution is 2.42.